The zero-order valence-corrected chi connectivity index (χ0v) is 25.1. The van der Waals surface area contributed by atoms with Crippen molar-refractivity contribution in [3.05, 3.63) is 125 Å². The molecule has 37 heavy (non-hydrogen) atoms. The van der Waals surface area contributed by atoms with Gasteiger partial charge in [-0.3, -0.25) is 0 Å². The van der Waals surface area contributed by atoms with Gasteiger partial charge in [0, 0.05) is 9.89 Å². The Balaban J connectivity index is 1.83. The Morgan fingerprint density at radius 1 is 0.676 bits per heavy atom. The van der Waals surface area contributed by atoms with Crippen molar-refractivity contribution in [1.82, 2.24) is 0 Å². The van der Waals surface area contributed by atoms with Gasteiger partial charge < -0.3 is 0 Å². The third-order valence-electron chi connectivity index (χ3n) is 8.06. The van der Waals surface area contributed by atoms with Gasteiger partial charge in [-0.1, -0.05) is 134 Å². The number of benzene rings is 4. The summed E-state index contributed by atoms with van der Waals surface area (Å²) in [6.45, 7) is 14.0. The highest BCUT2D eigenvalue weighted by Crippen LogP contribution is 2.55. The lowest BCUT2D eigenvalue weighted by Gasteiger charge is -2.37. The van der Waals surface area contributed by atoms with Gasteiger partial charge >= 0.3 is 0 Å². The van der Waals surface area contributed by atoms with E-state index in [-0.39, 0.29) is 5.41 Å². The molecular weight excluding hydrogens is 528 g/mol. The quantitative estimate of drug-likeness (QED) is 0.150. The van der Waals surface area contributed by atoms with Crippen LogP contribution in [0.25, 0.3) is 11.1 Å². The van der Waals surface area contributed by atoms with Crippen LogP contribution >= 0.6 is 15.9 Å². The zero-order valence-electron chi connectivity index (χ0n) is 22.5. The van der Waals surface area contributed by atoms with Crippen molar-refractivity contribution in [3.8, 4) is 11.1 Å². The van der Waals surface area contributed by atoms with Gasteiger partial charge in [0.1, 0.15) is 0 Å². The highest BCUT2D eigenvalue weighted by atomic mass is 79.9. The molecule has 188 valence electrons. The molecule has 0 heterocycles. The van der Waals surface area contributed by atoms with E-state index in [0.717, 1.165) is 12.8 Å². The van der Waals surface area contributed by atoms with Gasteiger partial charge in [0.05, 0.1) is 0 Å². The molecule has 0 N–H and O–H groups in total. The summed E-state index contributed by atoms with van der Waals surface area (Å²) in [6, 6.07) is 36.5. The molecule has 1 aliphatic rings. The van der Waals surface area contributed by atoms with Crippen molar-refractivity contribution >= 4 is 39.6 Å². The van der Waals surface area contributed by atoms with Gasteiger partial charge in [-0.2, -0.15) is 0 Å². The lowest BCUT2D eigenvalue weighted by molar-refractivity contribution is 0.337. The molecule has 0 fully saturated rings. The Labute approximate surface area is 232 Å². The van der Waals surface area contributed by atoms with Crippen LogP contribution in [0.15, 0.2) is 114 Å². The number of hydrogen-bond acceptors (Lipinski definition) is 0. The summed E-state index contributed by atoms with van der Waals surface area (Å²) >= 11 is 3.81. The molecule has 0 spiro atoms. The maximum Gasteiger partial charge on any atom is 0.171 e. The fourth-order valence-corrected chi connectivity index (χ4v) is 11.1. The van der Waals surface area contributed by atoms with Crippen LogP contribution < -0.4 is 15.6 Å². The molecule has 0 radical (unpaired) electrons. The largest absolute Gasteiger partial charge is 0.171 e. The normalized spacial score (nSPS) is 14.0. The standard InChI is InChI=1S/C35H37BrSi/c1-6-37(28-13-9-7-10-14-28,29-15-11-8-12-16-29)30-18-20-32-31-19-17-27(36)21-33(31)35(23-25(2)3,24-26(4)5)34(32)22-30/h6-22,25-26H,1,23-24H2,2-5H3. The summed E-state index contributed by atoms with van der Waals surface area (Å²) in [7, 11) is -2.44. The molecule has 0 aliphatic heterocycles. The summed E-state index contributed by atoms with van der Waals surface area (Å²) in [4.78, 5) is 0. The maximum absolute atomic E-state index is 4.50. The van der Waals surface area contributed by atoms with Crippen LogP contribution in [-0.2, 0) is 5.41 Å². The minimum atomic E-state index is -2.44. The third kappa shape index (κ3) is 4.39. The summed E-state index contributed by atoms with van der Waals surface area (Å²) < 4.78 is 1.17. The number of hydrogen-bond donors (Lipinski definition) is 0. The van der Waals surface area contributed by atoms with Crippen molar-refractivity contribution in [3.63, 3.8) is 0 Å². The van der Waals surface area contributed by atoms with Gasteiger partial charge in [0.2, 0.25) is 0 Å². The molecule has 0 amide bonds. The molecule has 0 atom stereocenters. The fraction of sp³-hybridized carbons (Fsp3) is 0.257. The van der Waals surface area contributed by atoms with Crippen LogP contribution in [0.2, 0.25) is 0 Å². The number of fused-ring (bicyclic) bond motifs is 3. The SMILES string of the molecule is C=C[Si](c1ccccc1)(c1ccccc1)c1ccc2c(c1)C(CC(C)C)(CC(C)C)c1cc(Br)ccc1-2. The van der Waals surface area contributed by atoms with Crippen molar-refractivity contribution in [1.29, 1.82) is 0 Å². The second kappa shape index (κ2) is 10.2. The Bertz CT molecular complexity index is 1350. The first-order chi connectivity index (χ1) is 17.8. The predicted octanol–water partition coefficient (Wildman–Crippen LogP) is 8.00. The van der Waals surface area contributed by atoms with E-state index in [1.54, 1.807) is 0 Å². The van der Waals surface area contributed by atoms with Gasteiger partial charge in [0.25, 0.3) is 0 Å². The van der Waals surface area contributed by atoms with E-state index < -0.39 is 8.07 Å². The van der Waals surface area contributed by atoms with E-state index in [9.17, 15) is 0 Å². The van der Waals surface area contributed by atoms with E-state index in [0.29, 0.717) is 11.8 Å². The first kappa shape index (κ1) is 25.9. The Morgan fingerprint density at radius 3 is 1.65 bits per heavy atom. The van der Waals surface area contributed by atoms with E-state index >= 15 is 0 Å². The molecule has 1 aliphatic carbocycles. The molecule has 2 heteroatoms. The average Bonchev–Trinajstić information content (AvgIpc) is 3.13. The molecule has 0 saturated heterocycles. The Kier molecular flexibility index (Phi) is 7.17. The second-order valence-corrected chi connectivity index (χ2v) is 16.1. The van der Waals surface area contributed by atoms with Crippen LogP contribution in [0, 0.1) is 11.8 Å². The monoisotopic (exact) mass is 564 g/mol. The Hall–Kier alpha value is -2.68. The van der Waals surface area contributed by atoms with Crippen molar-refractivity contribution in [2.45, 2.75) is 46.0 Å². The number of halogens is 1. The molecule has 5 rings (SSSR count). The zero-order chi connectivity index (χ0) is 26.2. The van der Waals surface area contributed by atoms with Crippen molar-refractivity contribution in [2.75, 3.05) is 0 Å². The van der Waals surface area contributed by atoms with E-state index in [4.69, 9.17) is 0 Å². The summed E-state index contributed by atoms with van der Waals surface area (Å²) in [5, 5.41) is 4.18. The highest BCUT2D eigenvalue weighted by Gasteiger charge is 2.45. The maximum atomic E-state index is 4.50. The van der Waals surface area contributed by atoms with Crippen LogP contribution in [-0.4, -0.2) is 8.07 Å². The highest BCUT2D eigenvalue weighted by molar-refractivity contribution is 9.10. The van der Waals surface area contributed by atoms with Gasteiger partial charge in [-0.15, -0.1) is 6.58 Å². The fourth-order valence-electron chi connectivity index (χ4n) is 6.89. The van der Waals surface area contributed by atoms with E-state index in [1.807, 2.05) is 0 Å². The first-order valence-corrected chi connectivity index (χ1v) is 16.4. The minimum Gasteiger partial charge on any atom is -0.106 e. The van der Waals surface area contributed by atoms with Crippen LogP contribution in [0.3, 0.4) is 0 Å². The van der Waals surface area contributed by atoms with Gasteiger partial charge in [-0.05, 0) is 74.6 Å². The molecule has 0 saturated carbocycles. The third-order valence-corrected chi connectivity index (χ3v) is 12.9. The molecule has 0 bridgehead atoms. The van der Waals surface area contributed by atoms with Gasteiger partial charge in [-0.25, -0.2) is 0 Å². The van der Waals surface area contributed by atoms with Gasteiger partial charge in [0.15, 0.2) is 8.07 Å². The lowest BCUT2D eigenvalue weighted by atomic mass is 9.68. The average molecular weight is 566 g/mol. The number of rotatable bonds is 8. The van der Waals surface area contributed by atoms with Crippen LogP contribution in [0.1, 0.15) is 51.7 Å². The topological polar surface area (TPSA) is 0 Å². The Morgan fingerprint density at radius 2 is 1.16 bits per heavy atom. The first-order valence-electron chi connectivity index (χ1n) is 13.5. The molecular formula is C35H37BrSi. The minimum absolute atomic E-state index is 0.00146. The second-order valence-electron chi connectivity index (χ2n) is 11.5. The van der Waals surface area contributed by atoms with Crippen LogP contribution in [0.4, 0.5) is 0 Å². The molecule has 0 unspecified atom stereocenters. The predicted molar refractivity (Wildman–Crippen MR) is 167 cm³/mol. The molecule has 4 aromatic rings. The molecule has 0 aromatic heterocycles. The molecule has 0 nitrogen and oxygen atoms in total. The van der Waals surface area contributed by atoms with Crippen molar-refractivity contribution < 1.29 is 0 Å². The summed E-state index contributed by atoms with van der Waals surface area (Å²) in [5.74, 6) is 1.18. The van der Waals surface area contributed by atoms with E-state index in [1.165, 1.54) is 42.3 Å². The summed E-state index contributed by atoms with van der Waals surface area (Å²) in [5.41, 5.74) is 8.08. The smallest absolute Gasteiger partial charge is 0.106 e. The van der Waals surface area contributed by atoms with E-state index in [2.05, 4.69) is 153 Å². The van der Waals surface area contributed by atoms with Crippen LogP contribution in [0.5, 0.6) is 0 Å². The van der Waals surface area contributed by atoms with Crippen molar-refractivity contribution in [2.24, 2.45) is 11.8 Å². The molecule has 4 aromatic carbocycles. The summed E-state index contributed by atoms with van der Waals surface area (Å²) in [6.07, 6.45) is 2.29. The lowest BCUT2D eigenvalue weighted by Crippen LogP contribution is -2.66.